The maximum Gasteiger partial charge on any atom is 0.232 e. The summed E-state index contributed by atoms with van der Waals surface area (Å²) in [7, 11) is -1.12. The second kappa shape index (κ2) is 4.50. The van der Waals surface area contributed by atoms with Crippen molar-refractivity contribution in [1.29, 1.82) is 0 Å². The van der Waals surface area contributed by atoms with Gasteiger partial charge in [0.25, 0.3) is 0 Å². The van der Waals surface area contributed by atoms with Crippen LogP contribution in [0, 0.1) is 0 Å². The molecule has 0 unspecified atom stereocenters. The molecule has 15 heavy (non-hydrogen) atoms. The van der Waals surface area contributed by atoms with Crippen molar-refractivity contribution < 1.29 is 4.21 Å². The van der Waals surface area contributed by atoms with Crippen LogP contribution < -0.4 is 5.32 Å². The van der Waals surface area contributed by atoms with Gasteiger partial charge in [0, 0.05) is 23.5 Å². The van der Waals surface area contributed by atoms with Gasteiger partial charge < -0.3 is 5.32 Å². The molecule has 1 N–H and O–H groups in total. The van der Waals surface area contributed by atoms with Crippen molar-refractivity contribution >= 4 is 33.2 Å². The molecule has 0 saturated heterocycles. The third kappa shape index (κ3) is 2.60. The molecule has 78 valence electrons. The van der Waals surface area contributed by atoms with Gasteiger partial charge in [0.2, 0.25) is 10.3 Å². The Hall–Kier alpha value is -1.27. The summed E-state index contributed by atoms with van der Waals surface area (Å²) in [6.07, 6.45) is 1.56. The van der Waals surface area contributed by atoms with Crippen LogP contribution in [0.1, 0.15) is 0 Å². The minimum atomic E-state index is -1.12. The number of hydrogen-bond donors (Lipinski definition) is 1. The molecule has 2 aromatic rings. The molecule has 1 aromatic heterocycles. The zero-order chi connectivity index (χ0) is 10.7. The summed E-state index contributed by atoms with van der Waals surface area (Å²) in [5, 5.41) is 4.12. The van der Waals surface area contributed by atoms with Gasteiger partial charge in [-0.15, -0.1) is 0 Å². The summed E-state index contributed by atoms with van der Waals surface area (Å²) in [6.45, 7) is 0. The number of nitrogens with zero attached hydrogens (tertiary/aromatic N) is 2. The van der Waals surface area contributed by atoms with Crippen LogP contribution in [0.2, 0.25) is 0 Å². The third-order valence-electron chi connectivity index (χ3n) is 1.69. The highest BCUT2D eigenvalue weighted by Crippen LogP contribution is 2.18. The van der Waals surface area contributed by atoms with E-state index in [-0.39, 0.29) is 0 Å². The highest BCUT2D eigenvalue weighted by atomic mass is 32.2. The Bertz CT molecular complexity index is 469. The van der Waals surface area contributed by atoms with Crippen LogP contribution in [0.5, 0.6) is 0 Å². The predicted octanol–water partition coefficient (Wildman–Crippen LogP) is 2.02. The van der Waals surface area contributed by atoms with Gasteiger partial charge in [-0.05, 0) is 12.1 Å². The molecule has 1 heterocycles. The summed E-state index contributed by atoms with van der Waals surface area (Å²) in [5.41, 5.74) is 0.946. The normalized spacial score (nSPS) is 12.3. The molecule has 2 rings (SSSR count). The summed E-state index contributed by atoms with van der Waals surface area (Å²) < 4.78 is 15.1. The second-order valence-corrected chi connectivity index (χ2v) is 4.85. The minimum Gasteiger partial charge on any atom is -0.330 e. The number of rotatable bonds is 3. The van der Waals surface area contributed by atoms with Crippen molar-refractivity contribution in [3.8, 4) is 0 Å². The molecular weight excluding hydrogens is 230 g/mol. The lowest BCUT2D eigenvalue weighted by Crippen LogP contribution is -1.92. The summed E-state index contributed by atoms with van der Waals surface area (Å²) in [6, 6.07) is 9.68. The zero-order valence-corrected chi connectivity index (χ0v) is 9.64. The Morgan fingerprint density at radius 3 is 2.67 bits per heavy atom. The topological polar surface area (TPSA) is 54.9 Å². The second-order valence-electron chi connectivity index (χ2n) is 2.83. The van der Waals surface area contributed by atoms with Gasteiger partial charge in [0.05, 0.1) is 10.8 Å². The molecule has 0 bridgehead atoms. The lowest BCUT2D eigenvalue weighted by atomic mass is 10.3. The number of anilines is 2. The first kappa shape index (κ1) is 10.3. The van der Waals surface area contributed by atoms with E-state index in [1.165, 1.54) is 11.5 Å². The number of nitrogens with one attached hydrogen (secondary N) is 1. The van der Waals surface area contributed by atoms with Gasteiger partial charge in [-0.1, -0.05) is 18.2 Å². The van der Waals surface area contributed by atoms with Crippen LogP contribution in [0.3, 0.4) is 0 Å². The quantitative estimate of drug-likeness (QED) is 0.890. The maximum absolute atomic E-state index is 11.1. The predicted molar refractivity (Wildman–Crippen MR) is 62.0 cm³/mol. The van der Waals surface area contributed by atoms with E-state index in [1.807, 2.05) is 30.3 Å². The largest absolute Gasteiger partial charge is 0.330 e. The Kier molecular flexibility index (Phi) is 3.08. The average Bonchev–Trinajstić information content (AvgIpc) is 2.68. The molecule has 0 fully saturated rings. The number of aromatic nitrogens is 2. The molecule has 6 heteroatoms. The van der Waals surface area contributed by atoms with Crippen molar-refractivity contribution in [1.82, 2.24) is 9.36 Å². The van der Waals surface area contributed by atoms with Crippen LogP contribution in [0.4, 0.5) is 10.8 Å². The first-order valence-corrected chi connectivity index (χ1v) is 6.58. The molecule has 0 spiro atoms. The summed E-state index contributed by atoms with van der Waals surface area (Å²) >= 11 is 1.21. The fraction of sp³-hybridized carbons (Fsp3) is 0.111. The molecular formula is C9H9N3OS2. The minimum absolute atomic E-state index is 0.374. The SMILES string of the molecule is C[S@](=O)c1nsc(Nc2ccccc2)n1. The van der Waals surface area contributed by atoms with Crippen molar-refractivity contribution in [2.45, 2.75) is 5.16 Å². The maximum atomic E-state index is 11.1. The van der Waals surface area contributed by atoms with Crippen LogP contribution in [0.15, 0.2) is 35.5 Å². The van der Waals surface area contributed by atoms with Gasteiger partial charge in [-0.25, -0.2) is 0 Å². The van der Waals surface area contributed by atoms with E-state index in [1.54, 1.807) is 6.26 Å². The molecule has 0 aliphatic heterocycles. The van der Waals surface area contributed by atoms with Crippen LogP contribution in [0.25, 0.3) is 0 Å². The van der Waals surface area contributed by atoms with E-state index in [0.29, 0.717) is 10.3 Å². The van der Waals surface area contributed by atoms with Gasteiger partial charge >= 0.3 is 0 Å². The molecule has 0 saturated carbocycles. The first-order valence-electron chi connectivity index (χ1n) is 4.25. The highest BCUT2D eigenvalue weighted by Gasteiger charge is 2.06. The van der Waals surface area contributed by atoms with E-state index in [2.05, 4.69) is 14.7 Å². The standard InChI is InChI=1S/C9H9N3OS2/c1-15(13)9-11-8(14-12-9)10-7-5-3-2-4-6-7/h2-6H,1H3,(H,10,11,12)/t15-/m0/s1. The lowest BCUT2D eigenvalue weighted by Gasteiger charge is -1.99. The lowest BCUT2D eigenvalue weighted by molar-refractivity contribution is 0.682. The number of hydrogen-bond acceptors (Lipinski definition) is 5. The molecule has 0 aliphatic rings. The molecule has 0 radical (unpaired) electrons. The average molecular weight is 239 g/mol. The van der Waals surface area contributed by atoms with Gasteiger partial charge in [0.15, 0.2) is 0 Å². The van der Waals surface area contributed by atoms with E-state index >= 15 is 0 Å². The van der Waals surface area contributed by atoms with E-state index in [9.17, 15) is 4.21 Å². The summed E-state index contributed by atoms with van der Waals surface area (Å²) in [4.78, 5) is 4.10. The van der Waals surface area contributed by atoms with Crippen molar-refractivity contribution in [3.63, 3.8) is 0 Å². The highest BCUT2D eigenvalue weighted by molar-refractivity contribution is 7.84. The van der Waals surface area contributed by atoms with Crippen molar-refractivity contribution in [2.24, 2.45) is 0 Å². The third-order valence-corrected chi connectivity index (χ3v) is 3.13. The van der Waals surface area contributed by atoms with Crippen LogP contribution >= 0.6 is 11.5 Å². The summed E-state index contributed by atoms with van der Waals surface area (Å²) in [5.74, 6) is 0. The molecule has 4 nitrogen and oxygen atoms in total. The fourth-order valence-corrected chi connectivity index (χ4v) is 2.33. The number of benzene rings is 1. The Balaban J connectivity index is 2.15. The van der Waals surface area contributed by atoms with Crippen molar-refractivity contribution in [2.75, 3.05) is 11.6 Å². The first-order chi connectivity index (χ1) is 7.25. The van der Waals surface area contributed by atoms with Gasteiger partial charge in [-0.2, -0.15) is 9.36 Å². The van der Waals surface area contributed by atoms with Crippen LogP contribution in [-0.2, 0) is 10.8 Å². The van der Waals surface area contributed by atoms with Crippen LogP contribution in [-0.4, -0.2) is 19.8 Å². The van der Waals surface area contributed by atoms with E-state index in [4.69, 9.17) is 0 Å². The monoisotopic (exact) mass is 239 g/mol. The fourth-order valence-electron chi connectivity index (χ4n) is 1.02. The Labute approximate surface area is 94.0 Å². The van der Waals surface area contributed by atoms with E-state index < -0.39 is 10.8 Å². The zero-order valence-electron chi connectivity index (χ0n) is 8.01. The molecule has 1 atom stereocenters. The Morgan fingerprint density at radius 2 is 2.07 bits per heavy atom. The van der Waals surface area contributed by atoms with Gasteiger partial charge in [0.1, 0.15) is 0 Å². The molecule has 0 amide bonds. The number of para-hydroxylation sites is 1. The van der Waals surface area contributed by atoms with Crippen molar-refractivity contribution in [3.05, 3.63) is 30.3 Å². The molecule has 0 aliphatic carbocycles. The Morgan fingerprint density at radius 1 is 1.33 bits per heavy atom. The van der Waals surface area contributed by atoms with Gasteiger partial charge in [-0.3, -0.25) is 4.21 Å². The smallest absolute Gasteiger partial charge is 0.232 e. The molecule has 1 aromatic carbocycles. The van der Waals surface area contributed by atoms with E-state index in [0.717, 1.165) is 5.69 Å².